The van der Waals surface area contributed by atoms with Gasteiger partial charge in [-0.3, -0.25) is 10.9 Å². The van der Waals surface area contributed by atoms with Crippen LogP contribution in [-0.4, -0.2) is 12.4 Å². The van der Waals surface area contributed by atoms with E-state index in [2.05, 4.69) is 21.1 Å². The maximum absolute atomic E-state index is 4.01. The van der Waals surface area contributed by atoms with E-state index in [1.165, 1.54) is 0 Å². The molecule has 0 radical (unpaired) electrons. The topological polar surface area (TPSA) is 48.8 Å². The van der Waals surface area contributed by atoms with Gasteiger partial charge in [0, 0.05) is 0 Å². The minimum Gasteiger partial charge on any atom is -0.278 e. The largest absolute Gasteiger partial charge is 0.278 e. The molecule has 18 heavy (non-hydrogen) atoms. The predicted octanol–water partition coefficient (Wildman–Crippen LogP) is 3.18. The maximum atomic E-state index is 4.01. The zero-order valence-corrected chi connectivity index (χ0v) is 9.82. The van der Waals surface area contributed by atoms with Crippen LogP contribution in [0.3, 0.4) is 0 Å². The summed E-state index contributed by atoms with van der Waals surface area (Å²) in [6, 6.07) is 19.5. The van der Waals surface area contributed by atoms with E-state index in [1.54, 1.807) is 12.4 Å². The number of nitrogens with one attached hydrogen (secondary N) is 2. The van der Waals surface area contributed by atoms with Gasteiger partial charge in [-0.15, -0.1) is 0 Å². The minimum absolute atomic E-state index is 0.943. The summed E-state index contributed by atoms with van der Waals surface area (Å²) in [7, 11) is 0. The molecular formula is C14H14N4. The molecule has 0 amide bonds. The highest BCUT2D eigenvalue weighted by Crippen LogP contribution is 2.04. The highest BCUT2D eigenvalue weighted by atomic mass is 15.3. The van der Waals surface area contributed by atoms with Gasteiger partial charge in [0.1, 0.15) is 0 Å². The molecule has 0 heterocycles. The lowest BCUT2D eigenvalue weighted by Crippen LogP contribution is -1.92. The molecule has 0 aromatic heterocycles. The zero-order valence-electron chi connectivity index (χ0n) is 9.82. The van der Waals surface area contributed by atoms with Gasteiger partial charge in [-0.2, -0.15) is 10.2 Å². The highest BCUT2D eigenvalue weighted by molar-refractivity contribution is 6.16. The Labute approximate surface area is 106 Å². The molecule has 4 heteroatoms. The van der Waals surface area contributed by atoms with Crippen molar-refractivity contribution in [3.05, 3.63) is 60.7 Å². The van der Waals surface area contributed by atoms with Crippen LogP contribution >= 0.6 is 0 Å². The van der Waals surface area contributed by atoms with E-state index in [4.69, 9.17) is 0 Å². The summed E-state index contributed by atoms with van der Waals surface area (Å²) in [6.45, 7) is 0. The van der Waals surface area contributed by atoms with Crippen LogP contribution in [0.2, 0.25) is 0 Å². The molecule has 2 aromatic carbocycles. The summed E-state index contributed by atoms with van der Waals surface area (Å²) >= 11 is 0. The first-order valence-electron chi connectivity index (χ1n) is 5.62. The Kier molecular flexibility index (Phi) is 4.51. The second-order valence-electron chi connectivity index (χ2n) is 3.51. The van der Waals surface area contributed by atoms with Gasteiger partial charge in [0.25, 0.3) is 0 Å². The molecule has 0 saturated heterocycles. The van der Waals surface area contributed by atoms with Crippen LogP contribution < -0.4 is 10.9 Å². The van der Waals surface area contributed by atoms with Gasteiger partial charge >= 0.3 is 0 Å². The zero-order chi connectivity index (χ0) is 12.5. The molecule has 90 valence electrons. The molecule has 0 saturated carbocycles. The second-order valence-corrected chi connectivity index (χ2v) is 3.51. The van der Waals surface area contributed by atoms with E-state index in [9.17, 15) is 0 Å². The molecule has 0 bridgehead atoms. The molecule has 0 spiro atoms. The summed E-state index contributed by atoms with van der Waals surface area (Å²) in [5.41, 5.74) is 7.67. The van der Waals surface area contributed by atoms with Crippen molar-refractivity contribution in [2.75, 3.05) is 10.9 Å². The van der Waals surface area contributed by atoms with Gasteiger partial charge in [0.2, 0.25) is 0 Å². The normalized spacial score (nSPS) is 10.9. The Hall–Kier alpha value is -2.62. The summed E-state index contributed by atoms with van der Waals surface area (Å²) < 4.78 is 0. The minimum atomic E-state index is 0.943. The summed E-state index contributed by atoms with van der Waals surface area (Å²) in [5, 5.41) is 8.02. The Morgan fingerprint density at radius 2 is 1.00 bits per heavy atom. The number of hydrazone groups is 2. The standard InChI is InChI=1S/C14H14N4/c1-3-7-13(8-4-1)17-15-11-12-16-18-14-9-5-2-6-10-14/h1-12,17-18H/b15-11-,16-12-. The maximum Gasteiger partial charge on any atom is 0.0673 e. The van der Waals surface area contributed by atoms with Crippen LogP contribution in [0.1, 0.15) is 0 Å². The Morgan fingerprint density at radius 3 is 1.39 bits per heavy atom. The van der Waals surface area contributed by atoms with Crippen LogP contribution in [0.4, 0.5) is 11.4 Å². The monoisotopic (exact) mass is 238 g/mol. The van der Waals surface area contributed by atoms with E-state index >= 15 is 0 Å². The van der Waals surface area contributed by atoms with Crippen molar-refractivity contribution in [3.63, 3.8) is 0 Å². The van der Waals surface area contributed by atoms with E-state index in [0.717, 1.165) is 11.4 Å². The average Bonchev–Trinajstić information content (AvgIpc) is 2.45. The Bertz CT molecular complexity index is 456. The van der Waals surface area contributed by atoms with Crippen molar-refractivity contribution >= 4 is 23.8 Å². The van der Waals surface area contributed by atoms with Crippen LogP contribution in [0, 0.1) is 0 Å². The van der Waals surface area contributed by atoms with E-state index in [0.29, 0.717) is 0 Å². The summed E-state index contributed by atoms with van der Waals surface area (Å²) in [5.74, 6) is 0. The molecule has 2 N–H and O–H groups in total. The van der Waals surface area contributed by atoms with Gasteiger partial charge < -0.3 is 0 Å². The molecule has 0 aliphatic carbocycles. The molecule has 2 aromatic rings. The summed E-state index contributed by atoms with van der Waals surface area (Å²) in [6.07, 6.45) is 3.17. The molecule has 4 nitrogen and oxygen atoms in total. The SMILES string of the molecule is C(/C=N\Nc1ccccc1)=N/Nc1ccccc1. The van der Waals surface area contributed by atoms with Crippen LogP contribution in [0.5, 0.6) is 0 Å². The fourth-order valence-electron chi connectivity index (χ4n) is 1.32. The smallest absolute Gasteiger partial charge is 0.0673 e. The number of hydrogen-bond acceptors (Lipinski definition) is 4. The number of para-hydroxylation sites is 2. The third-order valence-electron chi connectivity index (χ3n) is 2.15. The van der Waals surface area contributed by atoms with Crippen molar-refractivity contribution in [1.29, 1.82) is 0 Å². The van der Waals surface area contributed by atoms with Gasteiger partial charge in [-0.05, 0) is 24.3 Å². The lowest BCUT2D eigenvalue weighted by atomic mass is 10.3. The van der Waals surface area contributed by atoms with Gasteiger partial charge in [-0.1, -0.05) is 36.4 Å². The molecule has 0 atom stereocenters. The van der Waals surface area contributed by atoms with Crippen molar-refractivity contribution in [1.82, 2.24) is 0 Å². The first kappa shape index (κ1) is 11.9. The molecule has 0 aliphatic heterocycles. The fourth-order valence-corrected chi connectivity index (χ4v) is 1.32. The number of anilines is 2. The van der Waals surface area contributed by atoms with Gasteiger partial charge in [-0.25, -0.2) is 0 Å². The first-order chi connectivity index (χ1) is 8.95. The summed E-state index contributed by atoms with van der Waals surface area (Å²) in [4.78, 5) is 0. The number of rotatable bonds is 5. The van der Waals surface area contributed by atoms with Crippen molar-refractivity contribution in [2.24, 2.45) is 10.2 Å². The van der Waals surface area contributed by atoms with Crippen molar-refractivity contribution in [3.8, 4) is 0 Å². The Balaban J connectivity index is 1.75. The third-order valence-corrected chi connectivity index (χ3v) is 2.15. The van der Waals surface area contributed by atoms with Crippen molar-refractivity contribution < 1.29 is 0 Å². The first-order valence-corrected chi connectivity index (χ1v) is 5.62. The van der Waals surface area contributed by atoms with Crippen LogP contribution in [-0.2, 0) is 0 Å². The number of hydrogen-bond donors (Lipinski definition) is 2. The lowest BCUT2D eigenvalue weighted by Gasteiger charge is -1.97. The molecule has 0 aliphatic rings. The predicted molar refractivity (Wildman–Crippen MR) is 77.1 cm³/mol. The Morgan fingerprint density at radius 1 is 0.611 bits per heavy atom. The van der Waals surface area contributed by atoms with Gasteiger partial charge in [0.05, 0.1) is 23.8 Å². The molecule has 2 rings (SSSR count). The van der Waals surface area contributed by atoms with Crippen LogP contribution in [0.25, 0.3) is 0 Å². The highest BCUT2D eigenvalue weighted by Gasteiger charge is 1.84. The molecule has 0 unspecified atom stereocenters. The molecular weight excluding hydrogens is 224 g/mol. The lowest BCUT2D eigenvalue weighted by molar-refractivity contribution is 1.34. The van der Waals surface area contributed by atoms with E-state index < -0.39 is 0 Å². The second kappa shape index (κ2) is 6.85. The van der Waals surface area contributed by atoms with Crippen molar-refractivity contribution in [2.45, 2.75) is 0 Å². The number of nitrogens with zero attached hydrogens (tertiary/aromatic N) is 2. The third kappa shape index (κ3) is 4.09. The average molecular weight is 238 g/mol. The quantitative estimate of drug-likeness (QED) is 0.621. The van der Waals surface area contributed by atoms with Crippen LogP contribution in [0.15, 0.2) is 70.9 Å². The van der Waals surface area contributed by atoms with Gasteiger partial charge in [0.15, 0.2) is 0 Å². The fraction of sp³-hybridized carbons (Fsp3) is 0. The number of benzene rings is 2. The molecule has 0 fully saturated rings. The van der Waals surface area contributed by atoms with E-state index in [1.807, 2.05) is 60.7 Å². The van der Waals surface area contributed by atoms with E-state index in [-0.39, 0.29) is 0 Å².